The van der Waals surface area contributed by atoms with Crippen LogP contribution in [0.3, 0.4) is 0 Å². The van der Waals surface area contributed by atoms with Crippen LogP contribution in [0.5, 0.6) is 0 Å². The Balaban J connectivity index is 2.05. The molecule has 10 heavy (non-hydrogen) atoms. The summed E-state index contributed by atoms with van der Waals surface area (Å²) in [6, 6.07) is 0. The zero-order valence-corrected chi connectivity index (χ0v) is 5.79. The summed E-state index contributed by atoms with van der Waals surface area (Å²) in [7, 11) is 0. The minimum Gasteiger partial charge on any atom is -0.316 e. The van der Waals surface area contributed by atoms with E-state index in [2.05, 4.69) is 5.32 Å². The van der Waals surface area contributed by atoms with Gasteiger partial charge in [0.15, 0.2) is 0 Å². The van der Waals surface area contributed by atoms with Gasteiger partial charge in [0.1, 0.15) is 0 Å². The van der Waals surface area contributed by atoms with Crippen molar-refractivity contribution in [2.24, 2.45) is 5.41 Å². The maximum absolute atomic E-state index is 12.6. The maximum Gasteiger partial charge on any atom is 0.248 e. The Morgan fingerprint density at radius 3 is 2.00 bits per heavy atom. The molecule has 0 aromatic heterocycles. The third kappa shape index (κ3) is 0.839. The van der Waals surface area contributed by atoms with Crippen LogP contribution < -0.4 is 5.32 Å². The Labute approximate surface area is 58.8 Å². The van der Waals surface area contributed by atoms with Crippen molar-refractivity contribution in [2.75, 3.05) is 13.1 Å². The molecular formula is C7H11F2N. The van der Waals surface area contributed by atoms with Gasteiger partial charge in [-0.05, 0) is 6.42 Å². The van der Waals surface area contributed by atoms with Gasteiger partial charge in [-0.1, -0.05) is 0 Å². The van der Waals surface area contributed by atoms with Gasteiger partial charge in [0, 0.05) is 31.3 Å². The number of hydrogen-bond acceptors (Lipinski definition) is 1. The monoisotopic (exact) mass is 147 g/mol. The lowest BCUT2D eigenvalue weighted by atomic mass is 9.80. The molecule has 1 N–H and O–H groups in total. The van der Waals surface area contributed by atoms with E-state index in [9.17, 15) is 8.78 Å². The summed E-state index contributed by atoms with van der Waals surface area (Å²) in [4.78, 5) is 0. The molecule has 0 unspecified atom stereocenters. The molecule has 2 fully saturated rings. The summed E-state index contributed by atoms with van der Waals surface area (Å²) >= 11 is 0. The lowest BCUT2D eigenvalue weighted by Gasteiger charge is -2.39. The molecule has 0 aromatic carbocycles. The van der Waals surface area contributed by atoms with Gasteiger partial charge >= 0.3 is 0 Å². The van der Waals surface area contributed by atoms with E-state index in [0.717, 1.165) is 13.1 Å². The molecule has 0 aromatic rings. The van der Waals surface area contributed by atoms with E-state index in [-0.39, 0.29) is 18.3 Å². The molecule has 58 valence electrons. The molecule has 1 nitrogen and oxygen atoms in total. The number of halogens is 2. The van der Waals surface area contributed by atoms with Gasteiger partial charge in [-0.2, -0.15) is 0 Å². The molecule has 1 aliphatic carbocycles. The first-order chi connectivity index (χ1) is 4.62. The highest BCUT2D eigenvalue weighted by Crippen LogP contribution is 2.49. The Morgan fingerprint density at radius 1 is 1.10 bits per heavy atom. The van der Waals surface area contributed by atoms with Crippen molar-refractivity contribution >= 4 is 0 Å². The minimum absolute atomic E-state index is 0.0104. The fourth-order valence-corrected chi connectivity index (χ4v) is 1.95. The van der Waals surface area contributed by atoms with E-state index in [1.807, 2.05) is 0 Å². The van der Waals surface area contributed by atoms with Crippen LogP contribution in [0.4, 0.5) is 8.78 Å². The molecule has 0 bridgehead atoms. The third-order valence-electron chi connectivity index (χ3n) is 2.65. The molecule has 0 amide bonds. The highest BCUT2D eigenvalue weighted by atomic mass is 19.3. The van der Waals surface area contributed by atoms with E-state index in [0.29, 0.717) is 6.42 Å². The molecule has 2 aliphatic rings. The van der Waals surface area contributed by atoms with Gasteiger partial charge in [-0.15, -0.1) is 0 Å². The summed E-state index contributed by atoms with van der Waals surface area (Å²) in [5.74, 6) is -2.36. The molecule has 1 saturated carbocycles. The number of nitrogens with one attached hydrogen (secondary N) is 1. The largest absolute Gasteiger partial charge is 0.316 e. The van der Waals surface area contributed by atoms with Gasteiger partial charge in [0.25, 0.3) is 0 Å². The third-order valence-corrected chi connectivity index (χ3v) is 2.65. The predicted octanol–water partition coefficient (Wildman–Crippen LogP) is 1.40. The molecule has 1 saturated heterocycles. The highest BCUT2D eigenvalue weighted by molar-refractivity contribution is 5.01. The first-order valence-corrected chi connectivity index (χ1v) is 3.71. The van der Waals surface area contributed by atoms with Gasteiger partial charge in [0.2, 0.25) is 5.92 Å². The molecule has 1 aliphatic heterocycles. The second-order valence-electron chi connectivity index (χ2n) is 3.64. The summed E-state index contributed by atoms with van der Waals surface area (Å²) in [5.41, 5.74) is -0.0104. The van der Waals surface area contributed by atoms with Crippen LogP contribution in [-0.2, 0) is 0 Å². The van der Waals surface area contributed by atoms with Crippen molar-refractivity contribution in [2.45, 2.75) is 25.2 Å². The number of rotatable bonds is 0. The normalized spacial score (nSPS) is 34.2. The van der Waals surface area contributed by atoms with Crippen molar-refractivity contribution in [3.05, 3.63) is 0 Å². The number of hydrogen-bond donors (Lipinski definition) is 1. The van der Waals surface area contributed by atoms with Crippen LogP contribution in [0.25, 0.3) is 0 Å². The Hall–Kier alpha value is -0.180. The second kappa shape index (κ2) is 1.70. The molecule has 1 spiro atoms. The molecule has 0 atom stereocenters. The zero-order valence-electron chi connectivity index (χ0n) is 5.79. The lowest BCUT2D eigenvalue weighted by molar-refractivity contribution is -0.0109. The lowest BCUT2D eigenvalue weighted by Crippen LogP contribution is -2.52. The predicted molar refractivity (Wildman–Crippen MR) is 34.1 cm³/mol. The SMILES string of the molecule is FC1(F)CCC2(CNC2)C1. The highest BCUT2D eigenvalue weighted by Gasteiger charge is 2.52. The van der Waals surface area contributed by atoms with Crippen molar-refractivity contribution in [1.29, 1.82) is 0 Å². The molecule has 3 heteroatoms. The van der Waals surface area contributed by atoms with E-state index in [1.165, 1.54) is 0 Å². The van der Waals surface area contributed by atoms with E-state index < -0.39 is 5.92 Å². The fourth-order valence-electron chi connectivity index (χ4n) is 1.95. The zero-order chi connectivity index (χ0) is 7.24. The minimum atomic E-state index is -2.36. The van der Waals surface area contributed by atoms with E-state index in [4.69, 9.17) is 0 Å². The second-order valence-corrected chi connectivity index (χ2v) is 3.64. The Morgan fingerprint density at radius 2 is 1.80 bits per heavy atom. The van der Waals surface area contributed by atoms with Crippen molar-refractivity contribution in [1.82, 2.24) is 5.32 Å². The van der Waals surface area contributed by atoms with Crippen molar-refractivity contribution < 1.29 is 8.78 Å². The van der Waals surface area contributed by atoms with Crippen molar-refractivity contribution in [3.8, 4) is 0 Å². The quantitative estimate of drug-likeness (QED) is 0.546. The van der Waals surface area contributed by atoms with Gasteiger partial charge < -0.3 is 5.32 Å². The topological polar surface area (TPSA) is 12.0 Å². The molecule has 2 rings (SSSR count). The van der Waals surface area contributed by atoms with Crippen molar-refractivity contribution in [3.63, 3.8) is 0 Å². The summed E-state index contributed by atoms with van der Waals surface area (Å²) in [6.07, 6.45) is 0.939. The summed E-state index contributed by atoms with van der Waals surface area (Å²) in [6.45, 7) is 1.62. The van der Waals surface area contributed by atoms with E-state index in [1.54, 1.807) is 0 Å². The Kier molecular flexibility index (Phi) is 1.11. The van der Waals surface area contributed by atoms with Gasteiger partial charge in [0.05, 0.1) is 0 Å². The van der Waals surface area contributed by atoms with Crippen LogP contribution in [-0.4, -0.2) is 19.0 Å². The first kappa shape index (κ1) is 6.53. The maximum atomic E-state index is 12.6. The van der Waals surface area contributed by atoms with Crippen LogP contribution in [0, 0.1) is 5.41 Å². The van der Waals surface area contributed by atoms with Crippen LogP contribution >= 0.6 is 0 Å². The van der Waals surface area contributed by atoms with Crippen LogP contribution in [0.15, 0.2) is 0 Å². The summed E-state index contributed by atoms with van der Waals surface area (Å²) in [5, 5.41) is 3.05. The molecule has 0 radical (unpaired) electrons. The van der Waals surface area contributed by atoms with Gasteiger partial charge in [-0.3, -0.25) is 0 Å². The fraction of sp³-hybridized carbons (Fsp3) is 1.00. The van der Waals surface area contributed by atoms with Crippen LogP contribution in [0.1, 0.15) is 19.3 Å². The van der Waals surface area contributed by atoms with Crippen LogP contribution in [0.2, 0.25) is 0 Å². The molecule has 1 heterocycles. The number of alkyl halides is 2. The first-order valence-electron chi connectivity index (χ1n) is 3.71. The summed E-state index contributed by atoms with van der Waals surface area (Å²) < 4.78 is 25.3. The average molecular weight is 147 g/mol. The van der Waals surface area contributed by atoms with Gasteiger partial charge in [-0.25, -0.2) is 8.78 Å². The van der Waals surface area contributed by atoms with E-state index >= 15 is 0 Å². The average Bonchev–Trinajstić information content (AvgIpc) is 2.04. The standard InChI is InChI=1S/C7H11F2N/c8-7(9)2-1-6(3-7)4-10-5-6/h10H,1-5H2. The molecular weight excluding hydrogens is 136 g/mol. The smallest absolute Gasteiger partial charge is 0.248 e. The Bertz CT molecular complexity index is 152.